The molecule has 1 aliphatic rings. The van der Waals surface area contributed by atoms with Crippen molar-refractivity contribution in [1.29, 1.82) is 0 Å². The summed E-state index contributed by atoms with van der Waals surface area (Å²) in [5.74, 6) is -0.116. The Morgan fingerprint density at radius 2 is 2.38 bits per heavy atom. The van der Waals surface area contributed by atoms with Crippen LogP contribution in [0.2, 0.25) is 0 Å². The van der Waals surface area contributed by atoms with E-state index in [-0.39, 0.29) is 25.1 Å². The van der Waals surface area contributed by atoms with E-state index in [1.54, 1.807) is 0 Å². The van der Waals surface area contributed by atoms with Crippen molar-refractivity contribution >= 4 is 32.6 Å². The lowest BCUT2D eigenvalue weighted by molar-refractivity contribution is -0.120. The molecule has 2 N–H and O–H groups in total. The van der Waals surface area contributed by atoms with Crippen LogP contribution in [0, 0.1) is 0 Å². The van der Waals surface area contributed by atoms with E-state index >= 15 is 0 Å². The normalized spacial score (nSPS) is 19.8. The van der Waals surface area contributed by atoms with E-state index in [4.69, 9.17) is 4.74 Å². The average Bonchev–Trinajstić information content (AvgIpc) is 2.89. The first kappa shape index (κ1) is 14.4. The number of aliphatic hydroxyl groups excluding tert-OH is 1. The van der Waals surface area contributed by atoms with Crippen LogP contribution in [0.15, 0.2) is 24.3 Å². The van der Waals surface area contributed by atoms with Gasteiger partial charge < -0.3 is 15.2 Å². The Morgan fingerprint density at radius 3 is 3.19 bits per heavy atom. The lowest BCUT2D eigenvalue weighted by Gasteiger charge is -2.33. The number of aliphatic hydroxyl groups is 1. The van der Waals surface area contributed by atoms with Crippen LogP contribution in [0.25, 0.3) is 10.2 Å². The first-order valence-corrected chi connectivity index (χ1v) is 7.66. The molecule has 7 heteroatoms. The molecule has 0 saturated carbocycles. The number of aromatic nitrogens is 1. The monoisotopic (exact) mass is 307 g/mol. The highest BCUT2D eigenvalue weighted by Gasteiger charge is 2.24. The van der Waals surface area contributed by atoms with E-state index in [0.717, 1.165) is 10.2 Å². The fourth-order valence-corrected chi connectivity index (χ4v) is 3.22. The van der Waals surface area contributed by atoms with E-state index in [2.05, 4.69) is 10.3 Å². The number of para-hydroxylation sites is 1. The molecule has 1 amide bonds. The predicted molar refractivity (Wildman–Crippen MR) is 81.5 cm³/mol. The van der Waals surface area contributed by atoms with Crippen molar-refractivity contribution < 1.29 is 14.6 Å². The molecule has 0 bridgehead atoms. The summed E-state index contributed by atoms with van der Waals surface area (Å²) < 4.78 is 6.35. The second-order valence-corrected chi connectivity index (χ2v) is 5.95. The second kappa shape index (κ2) is 6.48. The highest BCUT2D eigenvalue weighted by molar-refractivity contribution is 7.22. The predicted octanol–water partition coefficient (Wildman–Crippen LogP) is 0.928. The fourth-order valence-electron chi connectivity index (χ4n) is 2.33. The van der Waals surface area contributed by atoms with Crippen molar-refractivity contribution in [3.8, 4) is 0 Å². The van der Waals surface area contributed by atoms with Gasteiger partial charge in [-0.05, 0) is 12.1 Å². The molecule has 2 aromatic rings. The number of thiazole rings is 1. The molecule has 6 nitrogen and oxygen atoms in total. The topological polar surface area (TPSA) is 74.7 Å². The summed E-state index contributed by atoms with van der Waals surface area (Å²) in [6.45, 7) is 1.94. The average molecular weight is 307 g/mol. The number of rotatable bonds is 4. The minimum absolute atomic E-state index is 0.00554. The number of ether oxygens (including phenoxy) is 1. The van der Waals surface area contributed by atoms with Gasteiger partial charge in [-0.1, -0.05) is 23.5 Å². The first-order valence-electron chi connectivity index (χ1n) is 6.84. The summed E-state index contributed by atoms with van der Waals surface area (Å²) in [5.41, 5.74) is 0.886. The van der Waals surface area contributed by atoms with Crippen molar-refractivity contribution in [3.05, 3.63) is 24.3 Å². The van der Waals surface area contributed by atoms with Gasteiger partial charge >= 0.3 is 0 Å². The molecule has 21 heavy (non-hydrogen) atoms. The summed E-state index contributed by atoms with van der Waals surface area (Å²) >= 11 is 1.46. The molecule has 0 aliphatic carbocycles. The van der Waals surface area contributed by atoms with Crippen LogP contribution in [-0.4, -0.2) is 59.8 Å². The van der Waals surface area contributed by atoms with Gasteiger partial charge in [-0.3, -0.25) is 9.69 Å². The van der Waals surface area contributed by atoms with Crippen LogP contribution >= 0.6 is 11.3 Å². The number of benzene rings is 1. The molecular weight excluding hydrogens is 290 g/mol. The van der Waals surface area contributed by atoms with Crippen molar-refractivity contribution in [2.24, 2.45) is 0 Å². The number of nitrogens with one attached hydrogen (secondary N) is 1. The molecule has 1 unspecified atom stereocenters. The van der Waals surface area contributed by atoms with Gasteiger partial charge in [0, 0.05) is 6.54 Å². The minimum atomic E-state index is -0.116. The molecule has 0 radical (unpaired) electrons. The molecule has 1 fully saturated rings. The van der Waals surface area contributed by atoms with Gasteiger partial charge in [-0.15, -0.1) is 0 Å². The second-order valence-electron chi connectivity index (χ2n) is 4.92. The third-order valence-corrected chi connectivity index (χ3v) is 4.40. The highest BCUT2D eigenvalue weighted by atomic mass is 32.1. The number of amides is 1. The van der Waals surface area contributed by atoms with E-state index in [0.29, 0.717) is 24.9 Å². The van der Waals surface area contributed by atoms with Crippen LogP contribution in [-0.2, 0) is 9.53 Å². The number of hydrogen-bond donors (Lipinski definition) is 2. The number of carbonyl (C=O) groups excluding carboxylic acids is 1. The molecule has 1 atom stereocenters. The number of anilines is 1. The molecule has 0 spiro atoms. The summed E-state index contributed by atoms with van der Waals surface area (Å²) in [6.07, 6.45) is 0. The van der Waals surface area contributed by atoms with Crippen molar-refractivity contribution in [1.82, 2.24) is 9.88 Å². The first-order chi connectivity index (χ1) is 10.3. The Bertz CT molecular complexity index is 598. The van der Waals surface area contributed by atoms with E-state index in [1.807, 2.05) is 29.2 Å². The fraction of sp³-hybridized carbons (Fsp3) is 0.429. The number of morpholine rings is 1. The zero-order valence-electron chi connectivity index (χ0n) is 11.5. The largest absolute Gasteiger partial charge is 0.395 e. The van der Waals surface area contributed by atoms with Gasteiger partial charge in [-0.25, -0.2) is 4.98 Å². The van der Waals surface area contributed by atoms with Gasteiger partial charge in [0.15, 0.2) is 5.13 Å². The number of fused-ring (bicyclic) bond motifs is 1. The molecule has 3 rings (SSSR count). The van der Waals surface area contributed by atoms with Crippen LogP contribution in [0.3, 0.4) is 0 Å². The van der Waals surface area contributed by atoms with Crippen molar-refractivity contribution in [2.45, 2.75) is 6.04 Å². The molecular formula is C14H17N3O3S. The molecule has 1 aliphatic heterocycles. The van der Waals surface area contributed by atoms with Crippen molar-refractivity contribution in [2.75, 3.05) is 38.2 Å². The Balaban J connectivity index is 1.63. The maximum absolute atomic E-state index is 12.1. The Morgan fingerprint density at radius 1 is 1.52 bits per heavy atom. The van der Waals surface area contributed by atoms with Crippen LogP contribution in [0.1, 0.15) is 0 Å². The van der Waals surface area contributed by atoms with Crippen LogP contribution in [0.4, 0.5) is 5.13 Å². The summed E-state index contributed by atoms with van der Waals surface area (Å²) in [6, 6.07) is 7.66. The Kier molecular flexibility index (Phi) is 4.45. The summed E-state index contributed by atoms with van der Waals surface area (Å²) in [5, 5.41) is 12.7. The zero-order chi connectivity index (χ0) is 14.7. The van der Waals surface area contributed by atoms with Gasteiger partial charge in [0.2, 0.25) is 5.91 Å². The minimum Gasteiger partial charge on any atom is -0.395 e. The van der Waals surface area contributed by atoms with E-state index < -0.39 is 0 Å². The summed E-state index contributed by atoms with van der Waals surface area (Å²) in [4.78, 5) is 18.4. The maximum Gasteiger partial charge on any atom is 0.240 e. The van der Waals surface area contributed by atoms with Gasteiger partial charge in [0.1, 0.15) is 0 Å². The van der Waals surface area contributed by atoms with E-state index in [1.165, 1.54) is 11.3 Å². The van der Waals surface area contributed by atoms with Gasteiger partial charge in [0.25, 0.3) is 0 Å². The highest BCUT2D eigenvalue weighted by Crippen LogP contribution is 2.25. The van der Waals surface area contributed by atoms with Gasteiger partial charge in [0.05, 0.1) is 42.6 Å². The smallest absolute Gasteiger partial charge is 0.240 e. The molecule has 1 aromatic heterocycles. The summed E-state index contributed by atoms with van der Waals surface area (Å²) in [7, 11) is 0. The number of carbonyl (C=O) groups is 1. The van der Waals surface area contributed by atoms with Crippen LogP contribution < -0.4 is 5.32 Å². The van der Waals surface area contributed by atoms with Crippen LogP contribution in [0.5, 0.6) is 0 Å². The molecule has 1 saturated heterocycles. The number of nitrogens with zero attached hydrogens (tertiary/aromatic N) is 2. The Hall–Kier alpha value is -1.54. The molecule has 2 heterocycles. The molecule has 112 valence electrons. The molecule has 1 aromatic carbocycles. The third kappa shape index (κ3) is 3.38. The van der Waals surface area contributed by atoms with Gasteiger partial charge in [-0.2, -0.15) is 0 Å². The SMILES string of the molecule is O=C(CN1CCOCC1CO)Nc1nc2ccccc2s1. The number of hydrogen-bond acceptors (Lipinski definition) is 6. The third-order valence-electron chi connectivity index (χ3n) is 3.45. The lowest BCUT2D eigenvalue weighted by atomic mass is 10.2. The Labute approximate surface area is 126 Å². The van der Waals surface area contributed by atoms with Crippen molar-refractivity contribution in [3.63, 3.8) is 0 Å². The zero-order valence-corrected chi connectivity index (χ0v) is 12.3. The quantitative estimate of drug-likeness (QED) is 0.879. The van der Waals surface area contributed by atoms with E-state index in [9.17, 15) is 9.90 Å². The standard InChI is InChI=1S/C14H17N3O3S/c18-8-10-9-20-6-5-17(10)7-13(19)16-14-15-11-3-1-2-4-12(11)21-14/h1-4,10,18H,5-9H2,(H,15,16,19). The maximum atomic E-state index is 12.1. The lowest BCUT2D eigenvalue weighted by Crippen LogP contribution is -2.50.